The summed E-state index contributed by atoms with van der Waals surface area (Å²) in [6.45, 7) is 4.00. The van der Waals surface area contributed by atoms with Crippen LogP contribution in [0.3, 0.4) is 0 Å². The zero-order valence-electron chi connectivity index (χ0n) is 8.03. The van der Waals surface area contributed by atoms with Gasteiger partial charge in [0.1, 0.15) is 0 Å². The summed E-state index contributed by atoms with van der Waals surface area (Å²) in [5.41, 5.74) is 8.04. The van der Waals surface area contributed by atoms with Gasteiger partial charge in [-0.15, -0.1) is 24.8 Å². The maximum atomic E-state index is 10.5. The molecule has 1 aromatic carbocycles. The molecule has 80 valence electrons. The number of nitrogens with one attached hydrogen (secondary N) is 1. The standard InChI is InChI=1S/C9H12N2O.2ClH/c1-6-3-4-8(5-7(6)2)11-9(10)12;;/h3-5H,1-2H3,(H3,10,11,12);2*1H. The molecule has 1 rings (SSSR count). The number of halogens is 2. The van der Waals surface area contributed by atoms with Crippen molar-refractivity contribution in [2.45, 2.75) is 13.8 Å². The highest BCUT2D eigenvalue weighted by atomic mass is 35.5. The van der Waals surface area contributed by atoms with Crippen molar-refractivity contribution in [3.05, 3.63) is 29.3 Å². The normalized spacial score (nSPS) is 8.14. The summed E-state index contributed by atoms with van der Waals surface area (Å²) in [4.78, 5) is 10.5. The Labute approximate surface area is 95.9 Å². The summed E-state index contributed by atoms with van der Waals surface area (Å²) in [6.07, 6.45) is 0. The van der Waals surface area contributed by atoms with Crippen molar-refractivity contribution in [1.29, 1.82) is 0 Å². The largest absolute Gasteiger partial charge is 0.351 e. The van der Waals surface area contributed by atoms with Gasteiger partial charge in [-0.1, -0.05) is 6.07 Å². The summed E-state index contributed by atoms with van der Waals surface area (Å²) in [5, 5.41) is 2.51. The van der Waals surface area contributed by atoms with Gasteiger partial charge in [-0.05, 0) is 37.1 Å². The molecule has 2 amide bonds. The predicted octanol–water partition coefficient (Wildman–Crippen LogP) is 2.64. The molecule has 0 saturated heterocycles. The topological polar surface area (TPSA) is 55.1 Å². The molecule has 0 heterocycles. The van der Waals surface area contributed by atoms with E-state index in [0.717, 1.165) is 11.3 Å². The van der Waals surface area contributed by atoms with Crippen molar-refractivity contribution in [3.8, 4) is 0 Å². The van der Waals surface area contributed by atoms with E-state index < -0.39 is 6.03 Å². The number of rotatable bonds is 1. The summed E-state index contributed by atoms with van der Waals surface area (Å²) < 4.78 is 0. The van der Waals surface area contributed by atoms with E-state index in [0.29, 0.717) is 0 Å². The van der Waals surface area contributed by atoms with Crippen LogP contribution in [-0.4, -0.2) is 6.03 Å². The van der Waals surface area contributed by atoms with Crippen molar-refractivity contribution in [3.63, 3.8) is 0 Å². The molecule has 0 aliphatic carbocycles. The molecule has 3 nitrogen and oxygen atoms in total. The van der Waals surface area contributed by atoms with Gasteiger partial charge in [0, 0.05) is 5.69 Å². The number of hydrogen-bond acceptors (Lipinski definition) is 1. The first-order valence-corrected chi connectivity index (χ1v) is 3.73. The summed E-state index contributed by atoms with van der Waals surface area (Å²) in [5.74, 6) is 0. The molecule has 14 heavy (non-hydrogen) atoms. The Balaban J connectivity index is 0. The van der Waals surface area contributed by atoms with Crippen LogP contribution in [0, 0.1) is 13.8 Å². The second-order valence-electron chi connectivity index (χ2n) is 2.79. The van der Waals surface area contributed by atoms with Crippen molar-refractivity contribution >= 4 is 36.5 Å². The molecule has 5 heteroatoms. The molecule has 0 bridgehead atoms. The monoisotopic (exact) mass is 236 g/mol. The van der Waals surface area contributed by atoms with Gasteiger partial charge in [0.25, 0.3) is 0 Å². The lowest BCUT2D eigenvalue weighted by atomic mass is 10.1. The lowest BCUT2D eigenvalue weighted by molar-refractivity contribution is 0.259. The van der Waals surface area contributed by atoms with E-state index >= 15 is 0 Å². The van der Waals surface area contributed by atoms with Crippen LogP contribution in [0.4, 0.5) is 10.5 Å². The zero-order chi connectivity index (χ0) is 9.14. The third kappa shape index (κ3) is 4.35. The van der Waals surface area contributed by atoms with Crippen molar-refractivity contribution in [2.75, 3.05) is 5.32 Å². The molecule has 0 unspecified atom stereocenters. The number of benzene rings is 1. The minimum atomic E-state index is -0.529. The summed E-state index contributed by atoms with van der Waals surface area (Å²) in [6, 6.07) is 5.13. The van der Waals surface area contributed by atoms with Crippen LogP contribution < -0.4 is 11.1 Å². The second kappa shape index (κ2) is 6.51. The Bertz CT molecular complexity index is 316. The van der Waals surface area contributed by atoms with E-state index in [1.165, 1.54) is 5.56 Å². The molecule has 0 spiro atoms. The number of amides is 2. The molecule has 0 saturated carbocycles. The molecule has 0 radical (unpaired) electrons. The Morgan fingerprint density at radius 3 is 2.21 bits per heavy atom. The van der Waals surface area contributed by atoms with E-state index in [1.807, 2.05) is 32.0 Å². The molecule has 3 N–H and O–H groups in total. The number of nitrogens with two attached hydrogens (primary N) is 1. The van der Waals surface area contributed by atoms with E-state index in [2.05, 4.69) is 5.32 Å². The van der Waals surface area contributed by atoms with E-state index in [1.54, 1.807) is 0 Å². The van der Waals surface area contributed by atoms with E-state index in [9.17, 15) is 4.79 Å². The van der Waals surface area contributed by atoms with Crippen LogP contribution in [0.2, 0.25) is 0 Å². The SMILES string of the molecule is Cc1ccc(NC(N)=O)cc1C.Cl.Cl. The summed E-state index contributed by atoms with van der Waals surface area (Å²) >= 11 is 0. The first-order chi connectivity index (χ1) is 5.59. The smallest absolute Gasteiger partial charge is 0.316 e. The van der Waals surface area contributed by atoms with Crippen LogP contribution in [0.25, 0.3) is 0 Å². The van der Waals surface area contributed by atoms with E-state index in [-0.39, 0.29) is 24.8 Å². The van der Waals surface area contributed by atoms with Gasteiger partial charge >= 0.3 is 6.03 Å². The van der Waals surface area contributed by atoms with Crippen LogP contribution in [-0.2, 0) is 0 Å². The van der Waals surface area contributed by atoms with Crippen LogP contribution in [0.5, 0.6) is 0 Å². The van der Waals surface area contributed by atoms with E-state index in [4.69, 9.17) is 5.73 Å². The quantitative estimate of drug-likeness (QED) is 0.775. The molecule has 0 fully saturated rings. The number of carbonyl (C=O) groups is 1. The molecular weight excluding hydrogens is 223 g/mol. The van der Waals surface area contributed by atoms with Gasteiger partial charge in [0.2, 0.25) is 0 Å². The van der Waals surface area contributed by atoms with Crippen LogP contribution in [0.15, 0.2) is 18.2 Å². The van der Waals surface area contributed by atoms with Crippen LogP contribution in [0.1, 0.15) is 11.1 Å². The van der Waals surface area contributed by atoms with Crippen molar-refractivity contribution in [2.24, 2.45) is 5.73 Å². The Kier molecular flexibility index (Phi) is 7.23. The lowest BCUT2D eigenvalue weighted by Crippen LogP contribution is -2.19. The Hall–Kier alpha value is -0.930. The first kappa shape index (κ1) is 15.5. The maximum Gasteiger partial charge on any atom is 0.316 e. The minimum Gasteiger partial charge on any atom is -0.351 e. The third-order valence-corrected chi connectivity index (χ3v) is 1.77. The van der Waals surface area contributed by atoms with Gasteiger partial charge in [-0.3, -0.25) is 0 Å². The third-order valence-electron chi connectivity index (χ3n) is 1.77. The maximum absolute atomic E-state index is 10.5. The molecule has 0 atom stereocenters. The number of primary amides is 1. The fourth-order valence-corrected chi connectivity index (χ4v) is 0.961. The summed E-state index contributed by atoms with van der Waals surface area (Å²) in [7, 11) is 0. The average molecular weight is 237 g/mol. The highest BCUT2D eigenvalue weighted by Crippen LogP contribution is 2.13. The number of hydrogen-bond donors (Lipinski definition) is 2. The Morgan fingerprint density at radius 1 is 1.21 bits per heavy atom. The number of anilines is 1. The zero-order valence-corrected chi connectivity index (χ0v) is 9.67. The lowest BCUT2D eigenvalue weighted by Gasteiger charge is -2.04. The van der Waals surface area contributed by atoms with Gasteiger partial charge in [-0.25, -0.2) is 4.79 Å². The van der Waals surface area contributed by atoms with Gasteiger partial charge < -0.3 is 11.1 Å². The molecule has 0 aliphatic heterocycles. The molecule has 0 aromatic heterocycles. The van der Waals surface area contributed by atoms with Crippen molar-refractivity contribution in [1.82, 2.24) is 0 Å². The highest BCUT2D eigenvalue weighted by molar-refractivity contribution is 5.87. The number of urea groups is 1. The average Bonchev–Trinajstić information content (AvgIpc) is 1.96. The fraction of sp³-hybridized carbons (Fsp3) is 0.222. The van der Waals surface area contributed by atoms with Crippen molar-refractivity contribution < 1.29 is 4.79 Å². The number of carbonyl (C=O) groups excluding carboxylic acids is 1. The fourth-order valence-electron chi connectivity index (χ4n) is 0.961. The predicted molar refractivity (Wildman–Crippen MR) is 63.6 cm³/mol. The van der Waals surface area contributed by atoms with Gasteiger partial charge in [-0.2, -0.15) is 0 Å². The number of aryl methyl sites for hydroxylation is 2. The first-order valence-electron chi connectivity index (χ1n) is 3.73. The van der Waals surface area contributed by atoms with Gasteiger partial charge in [0.15, 0.2) is 0 Å². The van der Waals surface area contributed by atoms with Gasteiger partial charge in [0.05, 0.1) is 0 Å². The second-order valence-corrected chi connectivity index (χ2v) is 2.79. The molecule has 1 aromatic rings. The molecular formula is C9H14Cl2N2O. The highest BCUT2D eigenvalue weighted by Gasteiger charge is 1.97. The minimum absolute atomic E-state index is 0. The Morgan fingerprint density at radius 2 is 1.79 bits per heavy atom. The van der Waals surface area contributed by atoms with Crippen LogP contribution >= 0.6 is 24.8 Å². The molecule has 0 aliphatic rings.